The SMILES string of the molecule is Cc1ccc(NC(=O)c2cc(C(=O)N3CCCC(C)C3)ccn2)cc1. The van der Waals surface area contributed by atoms with Gasteiger partial charge in [-0.05, 0) is 49.9 Å². The van der Waals surface area contributed by atoms with Crippen molar-refractivity contribution in [2.24, 2.45) is 5.92 Å². The molecule has 1 aromatic carbocycles. The largest absolute Gasteiger partial charge is 0.338 e. The van der Waals surface area contributed by atoms with E-state index in [9.17, 15) is 9.59 Å². The van der Waals surface area contributed by atoms with Gasteiger partial charge >= 0.3 is 0 Å². The fourth-order valence-electron chi connectivity index (χ4n) is 3.08. The topological polar surface area (TPSA) is 62.3 Å². The third-order valence-electron chi connectivity index (χ3n) is 4.49. The Hall–Kier alpha value is -2.69. The minimum atomic E-state index is -0.314. The van der Waals surface area contributed by atoms with E-state index in [4.69, 9.17) is 0 Å². The molecule has 25 heavy (non-hydrogen) atoms. The number of aromatic nitrogens is 1. The summed E-state index contributed by atoms with van der Waals surface area (Å²) in [5, 5.41) is 2.81. The minimum Gasteiger partial charge on any atom is -0.338 e. The van der Waals surface area contributed by atoms with Gasteiger partial charge in [0.15, 0.2) is 0 Å². The summed E-state index contributed by atoms with van der Waals surface area (Å²) in [6.45, 7) is 5.69. The molecule has 1 fully saturated rings. The van der Waals surface area contributed by atoms with E-state index >= 15 is 0 Å². The van der Waals surface area contributed by atoms with Gasteiger partial charge < -0.3 is 10.2 Å². The second-order valence-corrected chi connectivity index (χ2v) is 6.75. The number of carbonyl (C=O) groups is 2. The van der Waals surface area contributed by atoms with E-state index in [0.29, 0.717) is 17.2 Å². The number of hydrogen-bond donors (Lipinski definition) is 1. The molecule has 5 heteroatoms. The van der Waals surface area contributed by atoms with Crippen molar-refractivity contribution in [2.45, 2.75) is 26.7 Å². The van der Waals surface area contributed by atoms with Crippen LogP contribution in [0.2, 0.25) is 0 Å². The Morgan fingerprint density at radius 1 is 1.20 bits per heavy atom. The molecule has 1 atom stereocenters. The molecule has 1 unspecified atom stereocenters. The van der Waals surface area contributed by atoms with Gasteiger partial charge in [0, 0.05) is 30.5 Å². The summed E-state index contributed by atoms with van der Waals surface area (Å²) in [5.74, 6) is 0.174. The van der Waals surface area contributed by atoms with Gasteiger partial charge in [-0.25, -0.2) is 0 Å². The molecule has 0 aliphatic carbocycles. The molecule has 1 saturated heterocycles. The first-order valence-electron chi connectivity index (χ1n) is 8.66. The first-order chi connectivity index (χ1) is 12.0. The maximum Gasteiger partial charge on any atom is 0.274 e. The summed E-state index contributed by atoms with van der Waals surface area (Å²) < 4.78 is 0. The lowest BCUT2D eigenvalue weighted by molar-refractivity contribution is 0.0683. The fraction of sp³-hybridized carbons (Fsp3) is 0.350. The van der Waals surface area contributed by atoms with Gasteiger partial charge in [0.2, 0.25) is 0 Å². The van der Waals surface area contributed by atoms with Crippen molar-refractivity contribution in [1.82, 2.24) is 9.88 Å². The molecule has 1 aliphatic heterocycles. The summed E-state index contributed by atoms with van der Waals surface area (Å²) in [7, 11) is 0. The van der Waals surface area contributed by atoms with Crippen LogP contribution in [0.5, 0.6) is 0 Å². The van der Waals surface area contributed by atoms with Crippen molar-refractivity contribution >= 4 is 17.5 Å². The van der Waals surface area contributed by atoms with E-state index in [1.807, 2.05) is 36.1 Å². The van der Waals surface area contributed by atoms with E-state index in [1.54, 1.807) is 12.1 Å². The second-order valence-electron chi connectivity index (χ2n) is 6.75. The molecule has 0 spiro atoms. The van der Waals surface area contributed by atoms with Gasteiger partial charge in [0.25, 0.3) is 11.8 Å². The van der Waals surface area contributed by atoms with E-state index in [1.165, 1.54) is 6.20 Å². The Labute approximate surface area is 148 Å². The smallest absolute Gasteiger partial charge is 0.274 e. The zero-order valence-corrected chi connectivity index (χ0v) is 14.7. The van der Waals surface area contributed by atoms with E-state index in [0.717, 1.165) is 31.5 Å². The fourth-order valence-corrected chi connectivity index (χ4v) is 3.08. The van der Waals surface area contributed by atoms with Crippen LogP contribution in [-0.4, -0.2) is 34.8 Å². The van der Waals surface area contributed by atoms with E-state index in [-0.39, 0.29) is 17.5 Å². The molecule has 2 aromatic rings. The Bertz CT molecular complexity index is 771. The standard InChI is InChI=1S/C20H23N3O2/c1-14-5-7-17(8-6-14)22-19(24)18-12-16(9-10-21-18)20(25)23-11-3-4-15(2)13-23/h5-10,12,15H,3-4,11,13H2,1-2H3,(H,22,24). The predicted molar refractivity (Wildman–Crippen MR) is 97.7 cm³/mol. The first-order valence-corrected chi connectivity index (χ1v) is 8.66. The normalized spacial score (nSPS) is 17.2. The number of rotatable bonds is 3. The highest BCUT2D eigenvalue weighted by Gasteiger charge is 2.22. The molecule has 0 bridgehead atoms. The van der Waals surface area contributed by atoms with Crippen molar-refractivity contribution in [3.05, 3.63) is 59.4 Å². The third kappa shape index (κ3) is 4.24. The number of nitrogens with zero attached hydrogens (tertiary/aromatic N) is 2. The van der Waals surface area contributed by atoms with Crippen LogP contribution in [-0.2, 0) is 0 Å². The van der Waals surface area contributed by atoms with Crippen LogP contribution >= 0.6 is 0 Å². The number of amides is 2. The van der Waals surface area contributed by atoms with Crippen molar-refractivity contribution in [1.29, 1.82) is 0 Å². The number of pyridine rings is 1. The Morgan fingerprint density at radius 2 is 1.96 bits per heavy atom. The Morgan fingerprint density at radius 3 is 2.68 bits per heavy atom. The van der Waals surface area contributed by atoms with E-state index in [2.05, 4.69) is 17.2 Å². The van der Waals surface area contributed by atoms with Crippen LogP contribution in [0.25, 0.3) is 0 Å². The quantitative estimate of drug-likeness (QED) is 0.932. The summed E-state index contributed by atoms with van der Waals surface area (Å²) in [6.07, 6.45) is 3.70. The van der Waals surface area contributed by atoms with E-state index < -0.39 is 0 Å². The monoisotopic (exact) mass is 337 g/mol. The molecule has 1 N–H and O–H groups in total. The number of nitrogens with one attached hydrogen (secondary N) is 1. The number of likely N-dealkylation sites (tertiary alicyclic amines) is 1. The van der Waals surface area contributed by atoms with Gasteiger partial charge in [-0.1, -0.05) is 24.6 Å². The molecule has 2 amide bonds. The number of aryl methyl sites for hydroxylation is 1. The van der Waals surface area contributed by atoms with Gasteiger partial charge in [0.1, 0.15) is 5.69 Å². The molecule has 130 valence electrons. The molecular formula is C20H23N3O2. The maximum atomic E-state index is 12.7. The zero-order chi connectivity index (χ0) is 17.8. The van der Waals surface area contributed by atoms with Gasteiger partial charge in [-0.3, -0.25) is 14.6 Å². The zero-order valence-electron chi connectivity index (χ0n) is 14.7. The lowest BCUT2D eigenvalue weighted by atomic mass is 9.99. The average Bonchev–Trinajstić information content (AvgIpc) is 2.63. The van der Waals surface area contributed by atoms with Crippen molar-refractivity contribution in [2.75, 3.05) is 18.4 Å². The highest BCUT2D eigenvalue weighted by molar-refractivity contribution is 6.04. The Balaban J connectivity index is 1.73. The van der Waals surface area contributed by atoms with Gasteiger partial charge in [-0.15, -0.1) is 0 Å². The summed E-state index contributed by atoms with van der Waals surface area (Å²) in [5.41, 5.74) is 2.59. The molecule has 1 aliphatic rings. The lowest BCUT2D eigenvalue weighted by Crippen LogP contribution is -2.39. The average molecular weight is 337 g/mol. The number of hydrogen-bond acceptors (Lipinski definition) is 3. The molecule has 0 saturated carbocycles. The van der Waals surface area contributed by atoms with Gasteiger partial charge in [0.05, 0.1) is 0 Å². The number of carbonyl (C=O) groups excluding carboxylic acids is 2. The highest BCUT2D eigenvalue weighted by atomic mass is 16.2. The molecule has 3 rings (SSSR count). The van der Waals surface area contributed by atoms with Crippen LogP contribution in [0, 0.1) is 12.8 Å². The molecule has 1 aromatic heterocycles. The van der Waals surface area contributed by atoms with Crippen LogP contribution < -0.4 is 5.32 Å². The molecule has 0 radical (unpaired) electrons. The third-order valence-corrected chi connectivity index (χ3v) is 4.49. The Kier molecular flexibility index (Phi) is 5.12. The highest BCUT2D eigenvalue weighted by Crippen LogP contribution is 2.18. The molecular weight excluding hydrogens is 314 g/mol. The van der Waals surface area contributed by atoms with Crippen molar-refractivity contribution < 1.29 is 9.59 Å². The van der Waals surface area contributed by atoms with Crippen LogP contribution in [0.15, 0.2) is 42.6 Å². The van der Waals surface area contributed by atoms with Crippen LogP contribution in [0.4, 0.5) is 5.69 Å². The van der Waals surface area contributed by atoms with Crippen molar-refractivity contribution in [3.8, 4) is 0 Å². The lowest BCUT2D eigenvalue weighted by Gasteiger charge is -2.31. The summed E-state index contributed by atoms with van der Waals surface area (Å²) >= 11 is 0. The number of piperidine rings is 1. The second kappa shape index (κ2) is 7.47. The minimum absolute atomic E-state index is 0.0293. The van der Waals surface area contributed by atoms with Crippen LogP contribution in [0.3, 0.4) is 0 Å². The van der Waals surface area contributed by atoms with Crippen molar-refractivity contribution in [3.63, 3.8) is 0 Å². The van der Waals surface area contributed by atoms with Gasteiger partial charge in [-0.2, -0.15) is 0 Å². The predicted octanol–water partition coefficient (Wildman–Crippen LogP) is 3.51. The number of benzene rings is 1. The number of anilines is 1. The van der Waals surface area contributed by atoms with Crippen LogP contribution in [0.1, 0.15) is 46.2 Å². The summed E-state index contributed by atoms with van der Waals surface area (Å²) in [6, 6.07) is 10.8. The summed E-state index contributed by atoms with van der Waals surface area (Å²) in [4.78, 5) is 31.1. The first kappa shape index (κ1) is 17.1. The molecule has 5 nitrogen and oxygen atoms in total. The maximum absolute atomic E-state index is 12.7. The molecule has 2 heterocycles.